The minimum Gasteiger partial charge on any atom is -0.368 e. The fraction of sp³-hybridized carbons (Fsp3) is 0.324. The zero-order valence-corrected chi connectivity index (χ0v) is 28.2. The topological polar surface area (TPSA) is 186 Å². The number of sulfonamides is 1. The number of nitrogens with zero attached hydrogens (tertiary/aromatic N) is 3. The lowest BCUT2D eigenvalue weighted by atomic mass is 10.0. The predicted molar refractivity (Wildman–Crippen MR) is 187 cm³/mol. The van der Waals surface area contributed by atoms with Crippen molar-refractivity contribution in [1.82, 2.24) is 30.8 Å². The van der Waals surface area contributed by atoms with E-state index in [1.54, 1.807) is 18.2 Å². The van der Waals surface area contributed by atoms with Gasteiger partial charge in [0, 0.05) is 62.3 Å². The molecule has 1 aliphatic heterocycles. The van der Waals surface area contributed by atoms with Crippen LogP contribution in [0.2, 0.25) is 0 Å². The third-order valence-corrected chi connectivity index (χ3v) is 9.41. The Morgan fingerprint density at radius 2 is 1.67 bits per heavy atom. The quantitative estimate of drug-likeness (QED) is 0.210. The molecule has 4 aromatic rings. The molecule has 2 aromatic heterocycles. The summed E-state index contributed by atoms with van der Waals surface area (Å²) in [6.45, 7) is 0.846. The summed E-state index contributed by atoms with van der Waals surface area (Å²) in [6.07, 6.45) is 4.14. The maximum absolute atomic E-state index is 13.5. The molecule has 5 N–H and O–H groups in total. The molecule has 0 saturated carbocycles. The lowest BCUT2D eigenvalue weighted by Gasteiger charge is -2.23. The average Bonchev–Trinajstić information content (AvgIpc) is 3.50. The minimum absolute atomic E-state index is 0.133. The molecule has 3 heterocycles. The van der Waals surface area contributed by atoms with Gasteiger partial charge in [0.15, 0.2) is 0 Å². The van der Waals surface area contributed by atoms with Gasteiger partial charge in [-0.3, -0.25) is 23.5 Å². The monoisotopic (exact) mass is 688 g/mol. The number of pyridine rings is 1. The van der Waals surface area contributed by atoms with Crippen molar-refractivity contribution in [1.29, 1.82) is 0 Å². The maximum Gasteiger partial charge on any atom is 0.270 e. The number of nitrogens with one attached hydrogen (secondary N) is 5. The summed E-state index contributed by atoms with van der Waals surface area (Å²) in [5, 5.41) is 12.6. The molecular weight excluding hydrogens is 648 g/mol. The van der Waals surface area contributed by atoms with E-state index in [2.05, 4.69) is 31.2 Å². The molecule has 15 heteroatoms. The molecule has 1 aliphatic rings. The lowest BCUT2D eigenvalue weighted by molar-refractivity contribution is -0.123. The number of H-pyrrole nitrogens is 1. The second-order valence-electron chi connectivity index (χ2n) is 11.8. The first-order valence-electron chi connectivity index (χ1n) is 15.9. The third kappa shape index (κ3) is 9.13. The maximum atomic E-state index is 13.5. The molecule has 1 atom stereocenters. The number of aromatic nitrogens is 2. The van der Waals surface area contributed by atoms with Gasteiger partial charge in [0.05, 0.1) is 18.5 Å². The van der Waals surface area contributed by atoms with Crippen molar-refractivity contribution in [2.24, 2.45) is 0 Å². The Hall–Kier alpha value is -5.44. The van der Waals surface area contributed by atoms with Crippen LogP contribution in [0.5, 0.6) is 0 Å². The summed E-state index contributed by atoms with van der Waals surface area (Å²) in [7, 11) is -2.06. The molecule has 0 radical (unpaired) electrons. The number of amides is 4. The number of anilines is 2. The standard InChI is InChI=1S/C34H40N8O6S/c1-41(49(2,47)48)25-14-12-23(13-15-25)34(46)42-19-6-5-16-37-32(44)29(20-24-21-38-27-9-4-3-8-26(24)27)40-33(45)28-10-7-11-30(39-28)35-17-18-36-31(43)22-42/h3-4,7-15,21,29,38H,5-6,16-20,22H2,1-2H3,(H,35,39)(H,36,43)(H,37,44)(H,40,45)/t29-/m0/s1. The van der Waals surface area contributed by atoms with Crippen molar-refractivity contribution in [3.8, 4) is 0 Å². The number of carbonyl (C=O) groups is 4. The van der Waals surface area contributed by atoms with Gasteiger partial charge < -0.3 is 31.2 Å². The highest BCUT2D eigenvalue weighted by molar-refractivity contribution is 7.92. The van der Waals surface area contributed by atoms with Crippen LogP contribution < -0.4 is 25.6 Å². The molecule has 5 rings (SSSR count). The normalized spacial score (nSPS) is 17.1. The number of hydrogen-bond donors (Lipinski definition) is 5. The van der Waals surface area contributed by atoms with Gasteiger partial charge in [0.2, 0.25) is 21.8 Å². The SMILES string of the molecule is CN(c1ccc(C(=O)N2CCCCNC(=O)[C@H](Cc3c[nH]c4ccccc34)NC(=O)c3cccc(n3)NCCNC(=O)C2)cc1)S(C)(=O)=O. The highest BCUT2D eigenvalue weighted by Gasteiger charge is 2.25. The largest absolute Gasteiger partial charge is 0.368 e. The molecule has 14 nitrogen and oxygen atoms in total. The van der Waals surface area contributed by atoms with E-state index in [9.17, 15) is 27.6 Å². The van der Waals surface area contributed by atoms with Crippen LogP contribution in [0.3, 0.4) is 0 Å². The number of rotatable bonds is 5. The molecule has 0 saturated heterocycles. The van der Waals surface area contributed by atoms with Gasteiger partial charge in [-0.2, -0.15) is 0 Å². The van der Waals surface area contributed by atoms with Gasteiger partial charge >= 0.3 is 0 Å². The smallest absolute Gasteiger partial charge is 0.270 e. The molecule has 2 aromatic carbocycles. The van der Waals surface area contributed by atoms with Crippen LogP contribution in [0.1, 0.15) is 39.3 Å². The minimum atomic E-state index is -3.48. The number of para-hydroxylation sites is 1. The highest BCUT2D eigenvalue weighted by Crippen LogP contribution is 2.20. The summed E-state index contributed by atoms with van der Waals surface area (Å²) in [5.74, 6) is -1.20. The summed E-state index contributed by atoms with van der Waals surface area (Å²) in [6, 6.07) is 17.9. The van der Waals surface area contributed by atoms with E-state index >= 15 is 0 Å². The zero-order chi connectivity index (χ0) is 35.0. The van der Waals surface area contributed by atoms with Gasteiger partial charge in [0.1, 0.15) is 17.6 Å². The van der Waals surface area contributed by atoms with E-state index in [4.69, 9.17) is 0 Å². The molecule has 2 bridgehead atoms. The van der Waals surface area contributed by atoms with Crippen LogP contribution in [0, 0.1) is 0 Å². The van der Waals surface area contributed by atoms with Gasteiger partial charge in [0.25, 0.3) is 11.8 Å². The zero-order valence-electron chi connectivity index (χ0n) is 27.4. The van der Waals surface area contributed by atoms with Crippen LogP contribution in [0.4, 0.5) is 11.5 Å². The van der Waals surface area contributed by atoms with Crippen LogP contribution in [-0.2, 0) is 26.0 Å². The van der Waals surface area contributed by atoms with Crippen molar-refractivity contribution in [3.05, 3.63) is 89.7 Å². The molecule has 4 amide bonds. The second kappa shape index (κ2) is 15.6. The Morgan fingerprint density at radius 1 is 0.918 bits per heavy atom. The molecule has 0 spiro atoms. The van der Waals surface area contributed by atoms with E-state index in [1.807, 2.05) is 30.5 Å². The Kier molecular flexibility index (Phi) is 11.1. The first kappa shape index (κ1) is 34.9. The summed E-state index contributed by atoms with van der Waals surface area (Å²) >= 11 is 0. The van der Waals surface area contributed by atoms with E-state index < -0.39 is 22.0 Å². The highest BCUT2D eigenvalue weighted by atomic mass is 32.2. The van der Waals surface area contributed by atoms with Crippen molar-refractivity contribution >= 4 is 56.1 Å². The van der Waals surface area contributed by atoms with Gasteiger partial charge in [-0.15, -0.1) is 0 Å². The van der Waals surface area contributed by atoms with E-state index in [0.29, 0.717) is 36.5 Å². The van der Waals surface area contributed by atoms with Crippen LogP contribution in [-0.4, -0.2) is 99.0 Å². The first-order chi connectivity index (χ1) is 23.5. The number of benzene rings is 2. The Bertz CT molecular complexity index is 1930. The van der Waals surface area contributed by atoms with Gasteiger partial charge in [-0.05, 0) is 60.9 Å². The fourth-order valence-corrected chi connectivity index (χ4v) is 5.95. The molecular formula is C34H40N8O6S. The van der Waals surface area contributed by atoms with Crippen molar-refractivity contribution in [2.45, 2.75) is 25.3 Å². The first-order valence-corrected chi connectivity index (χ1v) is 17.8. The molecule has 0 unspecified atom stereocenters. The predicted octanol–water partition coefficient (Wildman–Crippen LogP) is 1.88. The Balaban J connectivity index is 1.32. The molecule has 49 heavy (non-hydrogen) atoms. The molecule has 258 valence electrons. The fourth-order valence-electron chi connectivity index (χ4n) is 5.45. The lowest BCUT2D eigenvalue weighted by Crippen LogP contribution is -2.48. The van der Waals surface area contributed by atoms with Crippen LogP contribution >= 0.6 is 0 Å². The Morgan fingerprint density at radius 3 is 2.45 bits per heavy atom. The third-order valence-electron chi connectivity index (χ3n) is 8.21. The van der Waals surface area contributed by atoms with E-state index in [-0.39, 0.29) is 56.0 Å². The van der Waals surface area contributed by atoms with Crippen molar-refractivity contribution in [2.75, 3.05) is 55.6 Å². The number of fused-ring (bicyclic) bond motifs is 3. The number of hydrogen-bond acceptors (Lipinski definition) is 8. The molecule has 0 aliphatic carbocycles. The Labute approximate surface area is 284 Å². The van der Waals surface area contributed by atoms with Crippen LogP contribution in [0.25, 0.3) is 10.9 Å². The average molecular weight is 689 g/mol. The van der Waals surface area contributed by atoms with Crippen molar-refractivity contribution < 1.29 is 27.6 Å². The number of carbonyl (C=O) groups excluding carboxylic acids is 4. The van der Waals surface area contributed by atoms with Crippen molar-refractivity contribution in [3.63, 3.8) is 0 Å². The second-order valence-corrected chi connectivity index (χ2v) is 13.8. The van der Waals surface area contributed by atoms with Gasteiger partial charge in [-0.25, -0.2) is 13.4 Å². The van der Waals surface area contributed by atoms with E-state index in [1.165, 1.54) is 36.2 Å². The van der Waals surface area contributed by atoms with Gasteiger partial charge in [-0.1, -0.05) is 24.3 Å². The summed E-state index contributed by atoms with van der Waals surface area (Å²) in [4.78, 5) is 62.3. The summed E-state index contributed by atoms with van der Waals surface area (Å²) in [5.41, 5.74) is 2.63. The van der Waals surface area contributed by atoms with E-state index in [0.717, 1.165) is 27.0 Å². The van der Waals surface area contributed by atoms with Crippen LogP contribution in [0.15, 0.2) is 72.9 Å². The molecule has 0 fully saturated rings. The summed E-state index contributed by atoms with van der Waals surface area (Å²) < 4.78 is 25.0. The number of aromatic amines is 1.